The van der Waals surface area contributed by atoms with Crippen LogP contribution in [0, 0.1) is 6.92 Å². The number of aryl methyl sites for hydroxylation is 1. The molecule has 4 rings (SSSR count). The maximum atomic E-state index is 12.4. The van der Waals surface area contributed by atoms with Crippen molar-refractivity contribution in [3.8, 4) is 23.0 Å². The number of hydrogen-bond acceptors (Lipinski definition) is 7. The van der Waals surface area contributed by atoms with Crippen LogP contribution in [-0.2, 0) is 0 Å². The molecule has 0 spiro atoms. The van der Waals surface area contributed by atoms with Crippen LogP contribution in [0.15, 0.2) is 52.1 Å². The quantitative estimate of drug-likeness (QED) is 0.501. The smallest absolute Gasteiger partial charge is 0.277 e. The summed E-state index contributed by atoms with van der Waals surface area (Å²) in [6.45, 7) is 3.02. The second kappa shape index (κ2) is 7.21. The summed E-state index contributed by atoms with van der Waals surface area (Å²) in [5, 5.41) is 8.43. The summed E-state index contributed by atoms with van der Waals surface area (Å²) in [7, 11) is 0. The summed E-state index contributed by atoms with van der Waals surface area (Å²) in [6, 6.07) is 13.0. The number of hydrogen-bond donors (Lipinski definition) is 0. The molecule has 6 nitrogen and oxygen atoms in total. The molecule has 0 saturated carbocycles. The van der Waals surface area contributed by atoms with Crippen molar-refractivity contribution in [3.63, 3.8) is 0 Å². The molecule has 0 unspecified atom stereocenters. The van der Waals surface area contributed by atoms with Crippen LogP contribution in [0.4, 0.5) is 0 Å². The molecular weight excluding hydrogens is 352 g/mol. The maximum absolute atomic E-state index is 12.4. The second-order valence-electron chi connectivity index (χ2n) is 5.81. The van der Waals surface area contributed by atoms with E-state index in [4.69, 9.17) is 13.9 Å². The normalized spacial score (nSPS) is 12.8. The van der Waals surface area contributed by atoms with Crippen LogP contribution in [0.3, 0.4) is 0 Å². The maximum Gasteiger partial charge on any atom is 0.277 e. The summed E-state index contributed by atoms with van der Waals surface area (Å²) in [4.78, 5) is 12.4. The highest BCUT2D eigenvalue weighted by atomic mass is 32.2. The number of benzene rings is 2. The standard InChI is InChI=1S/C19H16N2O4S/c1-12-3-2-4-14(9-12)18-20-21-19(25-18)26-11-15(22)13-5-6-16-17(10-13)24-8-7-23-16/h2-6,9-10H,7-8,11H2,1H3. The molecule has 0 radical (unpaired) electrons. The fourth-order valence-corrected chi connectivity index (χ4v) is 3.25. The molecule has 0 bridgehead atoms. The van der Waals surface area contributed by atoms with Crippen molar-refractivity contribution in [2.45, 2.75) is 12.1 Å². The fraction of sp³-hybridized carbons (Fsp3) is 0.211. The van der Waals surface area contributed by atoms with E-state index >= 15 is 0 Å². The lowest BCUT2D eigenvalue weighted by Crippen LogP contribution is -2.16. The zero-order valence-electron chi connectivity index (χ0n) is 14.1. The third kappa shape index (κ3) is 3.57. The summed E-state index contributed by atoms with van der Waals surface area (Å²) in [5.74, 6) is 1.88. The van der Waals surface area contributed by atoms with Gasteiger partial charge in [0, 0.05) is 11.1 Å². The number of ketones is 1. The van der Waals surface area contributed by atoms with Gasteiger partial charge in [0.1, 0.15) is 13.2 Å². The summed E-state index contributed by atoms with van der Waals surface area (Å²) in [6.07, 6.45) is 0. The largest absolute Gasteiger partial charge is 0.486 e. The predicted octanol–water partition coefficient (Wildman–Crippen LogP) is 3.79. The van der Waals surface area contributed by atoms with Crippen molar-refractivity contribution in [3.05, 3.63) is 53.6 Å². The number of thioether (sulfide) groups is 1. The zero-order chi connectivity index (χ0) is 17.9. The van der Waals surface area contributed by atoms with Crippen molar-refractivity contribution in [2.24, 2.45) is 0 Å². The lowest BCUT2D eigenvalue weighted by Gasteiger charge is -2.18. The van der Waals surface area contributed by atoms with Crippen LogP contribution in [0.2, 0.25) is 0 Å². The van der Waals surface area contributed by atoms with Crippen LogP contribution >= 0.6 is 11.8 Å². The van der Waals surface area contributed by atoms with E-state index in [-0.39, 0.29) is 11.5 Å². The first kappa shape index (κ1) is 16.7. The van der Waals surface area contributed by atoms with E-state index in [1.165, 1.54) is 11.8 Å². The van der Waals surface area contributed by atoms with E-state index in [1.807, 2.05) is 31.2 Å². The molecule has 0 fully saturated rings. The van der Waals surface area contributed by atoms with E-state index < -0.39 is 0 Å². The van der Waals surface area contributed by atoms with E-state index in [1.54, 1.807) is 18.2 Å². The molecule has 1 aliphatic heterocycles. The highest BCUT2D eigenvalue weighted by Gasteiger charge is 2.16. The monoisotopic (exact) mass is 368 g/mol. The van der Waals surface area contributed by atoms with Gasteiger partial charge in [-0.3, -0.25) is 4.79 Å². The number of rotatable bonds is 5. The lowest BCUT2D eigenvalue weighted by atomic mass is 10.1. The molecule has 7 heteroatoms. The van der Waals surface area contributed by atoms with Gasteiger partial charge in [-0.05, 0) is 37.3 Å². The first-order chi connectivity index (χ1) is 12.7. The molecule has 0 atom stereocenters. The Kier molecular flexibility index (Phi) is 4.62. The SMILES string of the molecule is Cc1cccc(-c2nnc(SCC(=O)c3ccc4c(c3)OCCO4)o2)c1. The van der Waals surface area contributed by atoms with Gasteiger partial charge in [-0.2, -0.15) is 0 Å². The van der Waals surface area contributed by atoms with Gasteiger partial charge in [0.15, 0.2) is 17.3 Å². The van der Waals surface area contributed by atoms with Crippen LogP contribution in [0.1, 0.15) is 15.9 Å². The lowest BCUT2D eigenvalue weighted by molar-refractivity contribution is 0.102. The van der Waals surface area contributed by atoms with Crippen LogP contribution < -0.4 is 9.47 Å². The molecule has 2 aromatic carbocycles. The third-order valence-electron chi connectivity index (χ3n) is 3.86. The number of ether oxygens (including phenoxy) is 2. The Morgan fingerprint density at radius 2 is 1.92 bits per heavy atom. The molecule has 0 aliphatic carbocycles. The Hall–Kier alpha value is -2.80. The van der Waals surface area contributed by atoms with Gasteiger partial charge >= 0.3 is 0 Å². The number of carbonyl (C=O) groups excluding carboxylic acids is 1. The van der Waals surface area contributed by atoms with Gasteiger partial charge in [-0.15, -0.1) is 10.2 Å². The molecule has 1 aromatic heterocycles. The first-order valence-electron chi connectivity index (χ1n) is 8.15. The van der Waals surface area contributed by atoms with Crippen LogP contribution in [-0.4, -0.2) is 34.9 Å². The number of nitrogens with zero attached hydrogens (tertiary/aromatic N) is 2. The summed E-state index contributed by atoms with van der Waals surface area (Å²) in [5.41, 5.74) is 2.55. The molecule has 0 amide bonds. The van der Waals surface area contributed by atoms with Crippen molar-refractivity contribution in [1.29, 1.82) is 0 Å². The average molecular weight is 368 g/mol. The first-order valence-corrected chi connectivity index (χ1v) is 9.14. The highest BCUT2D eigenvalue weighted by Crippen LogP contribution is 2.31. The fourth-order valence-electron chi connectivity index (χ4n) is 2.59. The Labute approximate surface area is 154 Å². The second-order valence-corrected chi connectivity index (χ2v) is 6.74. The number of aromatic nitrogens is 2. The van der Waals surface area contributed by atoms with E-state index in [0.29, 0.717) is 41.4 Å². The van der Waals surface area contributed by atoms with Gasteiger partial charge < -0.3 is 13.9 Å². The van der Waals surface area contributed by atoms with E-state index in [0.717, 1.165) is 11.1 Å². The minimum absolute atomic E-state index is 0.0396. The summed E-state index contributed by atoms with van der Waals surface area (Å²) < 4.78 is 16.6. The predicted molar refractivity (Wildman–Crippen MR) is 97.0 cm³/mol. The van der Waals surface area contributed by atoms with E-state index in [9.17, 15) is 4.79 Å². The number of fused-ring (bicyclic) bond motifs is 1. The third-order valence-corrected chi connectivity index (χ3v) is 4.68. The zero-order valence-corrected chi connectivity index (χ0v) is 14.9. The van der Waals surface area contributed by atoms with Crippen LogP contribution in [0.5, 0.6) is 11.5 Å². The van der Waals surface area contributed by atoms with Crippen molar-refractivity contribution < 1.29 is 18.7 Å². The van der Waals surface area contributed by atoms with E-state index in [2.05, 4.69) is 10.2 Å². The van der Waals surface area contributed by atoms with Gasteiger partial charge in [-0.25, -0.2) is 0 Å². The Balaban J connectivity index is 1.42. The van der Waals surface area contributed by atoms with Gasteiger partial charge in [-0.1, -0.05) is 29.5 Å². The topological polar surface area (TPSA) is 74.5 Å². The van der Waals surface area contributed by atoms with Gasteiger partial charge in [0.05, 0.1) is 5.75 Å². The highest BCUT2D eigenvalue weighted by molar-refractivity contribution is 7.99. The molecule has 132 valence electrons. The molecule has 2 heterocycles. The van der Waals surface area contributed by atoms with Gasteiger partial charge in [0.2, 0.25) is 5.89 Å². The Bertz CT molecular complexity index is 954. The number of Topliss-reactive ketones (excluding diaryl/α,β-unsaturated/α-hetero) is 1. The molecular formula is C19H16N2O4S. The number of carbonyl (C=O) groups is 1. The minimum Gasteiger partial charge on any atom is -0.486 e. The molecule has 0 N–H and O–H groups in total. The van der Waals surface area contributed by atoms with Crippen molar-refractivity contribution in [1.82, 2.24) is 10.2 Å². The molecule has 1 aliphatic rings. The van der Waals surface area contributed by atoms with Crippen molar-refractivity contribution in [2.75, 3.05) is 19.0 Å². The van der Waals surface area contributed by atoms with Crippen molar-refractivity contribution >= 4 is 17.5 Å². The average Bonchev–Trinajstić information content (AvgIpc) is 3.15. The summed E-state index contributed by atoms with van der Waals surface area (Å²) >= 11 is 1.22. The van der Waals surface area contributed by atoms with Gasteiger partial charge in [0.25, 0.3) is 5.22 Å². The molecule has 3 aromatic rings. The Morgan fingerprint density at radius 3 is 2.77 bits per heavy atom. The molecule has 0 saturated heterocycles. The minimum atomic E-state index is -0.0396. The Morgan fingerprint density at radius 1 is 1.08 bits per heavy atom. The molecule has 26 heavy (non-hydrogen) atoms. The van der Waals surface area contributed by atoms with Crippen LogP contribution in [0.25, 0.3) is 11.5 Å².